The highest BCUT2D eigenvalue weighted by Crippen LogP contribution is 2.48. The lowest BCUT2D eigenvalue weighted by Crippen LogP contribution is -2.33. The minimum Gasteiger partial charge on any atom is -0.494 e. The van der Waals surface area contributed by atoms with E-state index in [9.17, 15) is 9.18 Å². The topological polar surface area (TPSA) is 130 Å². The second kappa shape index (κ2) is 10.1. The summed E-state index contributed by atoms with van der Waals surface area (Å²) in [5.74, 6) is 0.959. The maximum atomic E-state index is 13.8. The molecule has 1 amide bonds. The first-order valence-corrected chi connectivity index (χ1v) is 14.5. The third-order valence-corrected chi connectivity index (χ3v) is 9.02. The Morgan fingerprint density at radius 3 is 2.69 bits per heavy atom. The van der Waals surface area contributed by atoms with Crippen LogP contribution in [0.4, 0.5) is 9.52 Å². The Kier molecular flexibility index (Phi) is 6.30. The van der Waals surface area contributed by atoms with Gasteiger partial charge >= 0.3 is 0 Å². The second-order valence-corrected chi connectivity index (χ2v) is 12.0. The van der Waals surface area contributed by atoms with Crippen molar-refractivity contribution in [2.24, 2.45) is 5.92 Å². The van der Waals surface area contributed by atoms with Gasteiger partial charge in [-0.15, -0.1) is 10.2 Å². The lowest BCUT2D eigenvalue weighted by molar-refractivity contribution is 0.0950. The first-order valence-electron chi connectivity index (χ1n) is 13.7. The first kappa shape index (κ1) is 26.3. The molecular weight excluding hydrogens is 557 g/mol. The Morgan fingerprint density at radius 2 is 1.98 bits per heavy atom. The van der Waals surface area contributed by atoms with Crippen molar-refractivity contribution >= 4 is 32.6 Å². The highest BCUT2D eigenvalue weighted by atomic mass is 32.1. The number of hydrogen-bond acceptors (Lipinski definition) is 9. The molecule has 0 saturated heterocycles. The van der Waals surface area contributed by atoms with Gasteiger partial charge in [0.25, 0.3) is 5.91 Å². The molecule has 3 aromatic heterocycles. The van der Waals surface area contributed by atoms with Crippen molar-refractivity contribution in [1.82, 2.24) is 30.0 Å². The molecule has 2 aliphatic rings. The number of carbonyl (C=O) groups is 1. The molecule has 0 spiro atoms. The van der Waals surface area contributed by atoms with Gasteiger partial charge in [0.05, 0.1) is 11.8 Å². The van der Waals surface area contributed by atoms with Gasteiger partial charge in [-0.25, -0.2) is 14.4 Å². The molecule has 7 rings (SSSR count). The third-order valence-electron chi connectivity index (χ3n) is 8.19. The summed E-state index contributed by atoms with van der Waals surface area (Å²) < 4.78 is 28.3. The third kappa shape index (κ3) is 4.51. The molecule has 0 radical (unpaired) electrons. The van der Waals surface area contributed by atoms with Crippen LogP contribution in [-0.2, 0) is 5.54 Å². The minimum atomic E-state index is -0.564. The summed E-state index contributed by atoms with van der Waals surface area (Å²) in [6.45, 7) is 2.84. The fraction of sp³-hybridized carbons (Fsp3) is 0.300. The Bertz CT molecular complexity index is 1800. The number of pyridine rings is 1. The molecule has 2 atom stereocenters. The predicted octanol–water partition coefficient (Wildman–Crippen LogP) is 4.76. The molecule has 1 aliphatic carbocycles. The zero-order valence-electron chi connectivity index (χ0n) is 23.0. The number of nitrogens with zero attached hydrogens (tertiary/aromatic N) is 5. The summed E-state index contributed by atoms with van der Waals surface area (Å²) in [6.07, 6.45) is 5.45. The average molecular weight is 586 g/mol. The minimum absolute atomic E-state index is 0.0334. The molecule has 4 heterocycles. The number of amides is 1. The van der Waals surface area contributed by atoms with Crippen LogP contribution in [0.3, 0.4) is 0 Å². The molecule has 2 aromatic carbocycles. The van der Waals surface area contributed by atoms with Gasteiger partial charge in [-0.05, 0) is 68.1 Å². The van der Waals surface area contributed by atoms with Gasteiger partial charge in [-0.2, -0.15) is 0 Å². The van der Waals surface area contributed by atoms with Gasteiger partial charge < -0.3 is 25.1 Å². The van der Waals surface area contributed by atoms with Crippen LogP contribution in [0.15, 0.2) is 55.1 Å². The Hall–Kier alpha value is -4.58. The van der Waals surface area contributed by atoms with Crippen molar-refractivity contribution in [2.75, 3.05) is 26.0 Å². The number of rotatable bonds is 8. The molecule has 5 aromatic rings. The molecule has 10 nitrogen and oxygen atoms in total. The van der Waals surface area contributed by atoms with Crippen molar-refractivity contribution in [2.45, 2.75) is 31.2 Å². The van der Waals surface area contributed by atoms with Crippen LogP contribution in [0.1, 0.15) is 47.3 Å². The van der Waals surface area contributed by atoms with Gasteiger partial charge in [-0.3, -0.25) is 4.79 Å². The number of benzene rings is 2. The fourth-order valence-corrected chi connectivity index (χ4v) is 6.46. The largest absolute Gasteiger partial charge is 0.494 e. The number of nitrogens with two attached hydrogens (primary N) is 1. The summed E-state index contributed by atoms with van der Waals surface area (Å²) in [7, 11) is 1.55. The van der Waals surface area contributed by atoms with E-state index in [-0.39, 0.29) is 17.6 Å². The quantitative estimate of drug-likeness (QED) is 0.267. The lowest BCUT2D eigenvalue weighted by atomic mass is 9.89. The van der Waals surface area contributed by atoms with Gasteiger partial charge in [-0.1, -0.05) is 11.3 Å². The van der Waals surface area contributed by atoms with E-state index in [2.05, 4.69) is 33.5 Å². The molecule has 42 heavy (non-hydrogen) atoms. The number of hydrogen-bond donors (Lipinski definition) is 2. The Balaban J connectivity index is 1.25. The molecule has 1 aliphatic heterocycles. The number of anilines is 1. The van der Waals surface area contributed by atoms with Gasteiger partial charge in [0.1, 0.15) is 47.6 Å². The molecule has 0 bridgehead atoms. The smallest absolute Gasteiger partial charge is 0.251 e. The molecule has 1 saturated carbocycles. The summed E-state index contributed by atoms with van der Waals surface area (Å²) in [4.78, 5) is 22.8. The Morgan fingerprint density at radius 1 is 1.21 bits per heavy atom. The van der Waals surface area contributed by atoms with E-state index in [1.165, 1.54) is 23.5 Å². The number of ether oxygens (including phenoxy) is 2. The van der Waals surface area contributed by atoms with E-state index >= 15 is 0 Å². The van der Waals surface area contributed by atoms with Crippen molar-refractivity contribution in [3.05, 3.63) is 77.8 Å². The molecule has 3 N–H and O–H groups in total. The first-order chi connectivity index (χ1) is 20.3. The number of thiazole rings is 1. The van der Waals surface area contributed by atoms with Crippen molar-refractivity contribution < 1.29 is 18.7 Å². The number of nitrogen functional groups attached to an aromatic ring is 1. The molecular formula is C30H28FN7O3S. The summed E-state index contributed by atoms with van der Waals surface area (Å²) in [5, 5.41) is 11.6. The van der Waals surface area contributed by atoms with E-state index in [0.717, 1.165) is 34.4 Å². The maximum Gasteiger partial charge on any atom is 0.251 e. The van der Waals surface area contributed by atoms with E-state index in [1.807, 2.05) is 4.57 Å². The Labute approximate surface area is 244 Å². The van der Waals surface area contributed by atoms with Crippen molar-refractivity contribution in [1.29, 1.82) is 0 Å². The number of fused-ring (bicyclic) bond motifs is 2. The normalized spacial score (nSPS) is 18.5. The van der Waals surface area contributed by atoms with Crippen LogP contribution < -0.4 is 20.5 Å². The van der Waals surface area contributed by atoms with Gasteiger partial charge in [0, 0.05) is 34.8 Å². The van der Waals surface area contributed by atoms with Crippen LogP contribution in [0, 0.1) is 11.7 Å². The van der Waals surface area contributed by atoms with Crippen LogP contribution >= 0.6 is 11.3 Å². The van der Waals surface area contributed by atoms with Gasteiger partial charge in [0.15, 0.2) is 10.9 Å². The summed E-state index contributed by atoms with van der Waals surface area (Å²) >= 11 is 1.31. The fourth-order valence-electron chi connectivity index (χ4n) is 5.67. The standard InChI is InChI=1S/C30H28FN7O3S/c1-30(38-14-34-35-15-38)13-41-27-21(30)11-22(36-25(27)17-5-7-19(31)8-6-17)20(16-3-4-16)12-33-28(39)18-9-23(40-2)26-24(10-18)42-29(32)37-26/h5-11,14-16,20H,3-4,12-13H2,1-2H3,(H2,32,37)(H,33,39)/t20?,30-/m0/s1. The molecule has 214 valence electrons. The number of halogens is 1. The second-order valence-electron chi connectivity index (χ2n) is 10.9. The van der Waals surface area contributed by atoms with E-state index in [4.69, 9.17) is 20.2 Å². The van der Waals surface area contributed by atoms with E-state index in [0.29, 0.717) is 52.5 Å². The summed E-state index contributed by atoms with van der Waals surface area (Å²) in [5.41, 5.74) is 9.65. The molecule has 1 fully saturated rings. The van der Waals surface area contributed by atoms with E-state index in [1.54, 1.807) is 44.0 Å². The number of carbonyl (C=O) groups excluding carboxylic acids is 1. The number of nitrogens with one attached hydrogen (secondary N) is 1. The lowest BCUT2D eigenvalue weighted by Gasteiger charge is -2.25. The molecule has 12 heteroatoms. The summed E-state index contributed by atoms with van der Waals surface area (Å²) in [6, 6.07) is 11.8. The van der Waals surface area contributed by atoms with Crippen LogP contribution in [0.2, 0.25) is 0 Å². The number of methoxy groups -OCH3 is 1. The number of aromatic nitrogens is 5. The molecule has 1 unspecified atom stereocenters. The van der Waals surface area contributed by atoms with Gasteiger partial charge in [0.2, 0.25) is 0 Å². The van der Waals surface area contributed by atoms with Crippen LogP contribution in [0.5, 0.6) is 11.5 Å². The van der Waals surface area contributed by atoms with E-state index < -0.39 is 5.54 Å². The monoisotopic (exact) mass is 585 g/mol. The predicted molar refractivity (Wildman–Crippen MR) is 156 cm³/mol. The SMILES string of the molecule is COc1cc(C(=O)NCC(c2cc3c(c(-c4ccc(F)cc4)n2)OC[C@]3(C)n2cnnc2)C2CC2)cc2sc(N)nc12. The van der Waals surface area contributed by atoms with Crippen molar-refractivity contribution in [3.63, 3.8) is 0 Å². The van der Waals surface area contributed by atoms with Crippen LogP contribution in [0.25, 0.3) is 21.5 Å². The zero-order valence-corrected chi connectivity index (χ0v) is 23.8. The highest BCUT2D eigenvalue weighted by Gasteiger charge is 2.42. The van der Waals surface area contributed by atoms with Crippen molar-refractivity contribution in [3.8, 4) is 22.8 Å². The highest BCUT2D eigenvalue weighted by molar-refractivity contribution is 7.22. The maximum absolute atomic E-state index is 13.8. The zero-order chi connectivity index (χ0) is 29.0. The average Bonchev–Trinajstić information content (AvgIpc) is 3.36. The van der Waals surface area contributed by atoms with Crippen LogP contribution in [-0.4, -0.2) is 50.9 Å².